The molecule has 0 saturated carbocycles. The van der Waals surface area contributed by atoms with Crippen molar-refractivity contribution in [2.45, 2.75) is 53.4 Å². The van der Waals surface area contributed by atoms with Gasteiger partial charge in [0.25, 0.3) is 0 Å². The number of rotatable bonds is 6. The van der Waals surface area contributed by atoms with Gasteiger partial charge in [0.05, 0.1) is 11.8 Å². The zero-order valence-corrected chi connectivity index (χ0v) is 12.8. The van der Waals surface area contributed by atoms with Crippen LogP contribution in [0.4, 0.5) is 0 Å². The third-order valence-corrected chi connectivity index (χ3v) is 3.86. The first kappa shape index (κ1) is 16.7. The number of carboxylic acids is 2. The molecule has 0 heterocycles. The van der Waals surface area contributed by atoms with E-state index < -0.39 is 23.8 Å². The highest BCUT2D eigenvalue weighted by molar-refractivity contribution is 5.81. The third kappa shape index (κ3) is 4.36. The van der Waals surface area contributed by atoms with Crippen LogP contribution in [0.15, 0.2) is 11.1 Å². The zero-order chi connectivity index (χ0) is 15.4. The van der Waals surface area contributed by atoms with E-state index in [0.29, 0.717) is 24.7 Å². The molecule has 0 spiro atoms. The lowest BCUT2D eigenvalue weighted by Gasteiger charge is -2.31. The second kappa shape index (κ2) is 6.91. The fourth-order valence-electron chi connectivity index (χ4n) is 3.06. The zero-order valence-electron chi connectivity index (χ0n) is 12.8. The Morgan fingerprint density at radius 1 is 0.900 bits per heavy atom. The Labute approximate surface area is 120 Å². The summed E-state index contributed by atoms with van der Waals surface area (Å²) in [5.74, 6) is -2.61. The minimum absolute atomic E-state index is 0.395. The molecule has 20 heavy (non-hydrogen) atoms. The molecule has 1 aliphatic carbocycles. The molecule has 4 heteroatoms. The normalized spacial score (nSPS) is 23.5. The predicted octanol–water partition coefficient (Wildman–Crippen LogP) is 3.57. The Bertz CT molecular complexity index is 369. The maximum atomic E-state index is 11.3. The maximum absolute atomic E-state index is 11.3. The second-order valence-corrected chi connectivity index (χ2v) is 6.70. The first-order valence-corrected chi connectivity index (χ1v) is 7.37. The van der Waals surface area contributed by atoms with Gasteiger partial charge in [-0.25, -0.2) is 0 Å². The Morgan fingerprint density at radius 3 is 1.40 bits per heavy atom. The molecule has 1 rings (SSSR count). The minimum atomic E-state index is -0.984. The first-order chi connectivity index (χ1) is 9.22. The van der Waals surface area contributed by atoms with Crippen LogP contribution in [0.3, 0.4) is 0 Å². The van der Waals surface area contributed by atoms with E-state index in [1.807, 2.05) is 0 Å². The van der Waals surface area contributed by atoms with Crippen molar-refractivity contribution in [3.05, 3.63) is 11.1 Å². The van der Waals surface area contributed by atoms with Crippen molar-refractivity contribution in [1.82, 2.24) is 0 Å². The van der Waals surface area contributed by atoms with Crippen LogP contribution in [0.2, 0.25) is 0 Å². The lowest BCUT2D eigenvalue weighted by molar-refractivity contribution is -0.154. The third-order valence-electron chi connectivity index (χ3n) is 3.86. The van der Waals surface area contributed by atoms with Crippen molar-refractivity contribution in [1.29, 1.82) is 0 Å². The van der Waals surface area contributed by atoms with Gasteiger partial charge in [0, 0.05) is 0 Å². The molecule has 0 bridgehead atoms. The summed E-state index contributed by atoms with van der Waals surface area (Å²) in [6.07, 6.45) is 2.54. The van der Waals surface area contributed by atoms with E-state index in [9.17, 15) is 19.8 Å². The number of aliphatic carboxylic acids is 2. The second-order valence-electron chi connectivity index (χ2n) is 6.70. The summed E-state index contributed by atoms with van der Waals surface area (Å²) in [6, 6.07) is 0. The molecule has 0 aromatic heterocycles. The van der Waals surface area contributed by atoms with E-state index in [2.05, 4.69) is 27.7 Å². The van der Waals surface area contributed by atoms with Crippen molar-refractivity contribution >= 4 is 11.9 Å². The van der Waals surface area contributed by atoms with Gasteiger partial charge in [0.2, 0.25) is 0 Å². The molecule has 0 amide bonds. The van der Waals surface area contributed by atoms with Crippen molar-refractivity contribution < 1.29 is 19.8 Å². The van der Waals surface area contributed by atoms with Crippen LogP contribution in [-0.4, -0.2) is 22.2 Å². The van der Waals surface area contributed by atoms with Crippen molar-refractivity contribution in [2.24, 2.45) is 23.7 Å². The van der Waals surface area contributed by atoms with E-state index in [0.717, 1.165) is 12.8 Å². The monoisotopic (exact) mass is 282 g/mol. The van der Waals surface area contributed by atoms with Gasteiger partial charge in [0.15, 0.2) is 0 Å². The van der Waals surface area contributed by atoms with E-state index >= 15 is 0 Å². The molecule has 0 radical (unpaired) electrons. The molecular formula is C16H26O4. The van der Waals surface area contributed by atoms with Gasteiger partial charge in [-0.05, 0) is 37.5 Å². The van der Waals surface area contributed by atoms with E-state index in [4.69, 9.17) is 0 Å². The van der Waals surface area contributed by atoms with E-state index in [1.165, 1.54) is 11.1 Å². The molecule has 0 saturated heterocycles. The maximum Gasteiger partial charge on any atom is 0.307 e. The SMILES string of the molecule is CC(C)CC1=C(CC(C)C)CC(C(=O)O)C(C(=O)O)C1. The summed E-state index contributed by atoms with van der Waals surface area (Å²) in [5, 5.41) is 18.6. The van der Waals surface area contributed by atoms with Crippen molar-refractivity contribution in [3.63, 3.8) is 0 Å². The highest BCUT2D eigenvalue weighted by Gasteiger charge is 2.39. The fourth-order valence-corrected chi connectivity index (χ4v) is 3.06. The van der Waals surface area contributed by atoms with Gasteiger partial charge in [-0.2, -0.15) is 0 Å². The highest BCUT2D eigenvalue weighted by Crippen LogP contribution is 2.39. The Kier molecular flexibility index (Phi) is 5.78. The molecule has 0 aliphatic heterocycles. The number of carboxylic acid groups (broad SMARTS) is 2. The van der Waals surface area contributed by atoms with Crippen LogP contribution in [0, 0.1) is 23.7 Å². The largest absolute Gasteiger partial charge is 0.481 e. The first-order valence-electron chi connectivity index (χ1n) is 7.37. The molecule has 0 fully saturated rings. The number of allylic oxidation sites excluding steroid dienone is 2. The van der Waals surface area contributed by atoms with Gasteiger partial charge >= 0.3 is 11.9 Å². The summed E-state index contributed by atoms with van der Waals surface area (Å²) in [6.45, 7) is 8.44. The molecule has 1 aliphatic rings. The van der Waals surface area contributed by atoms with E-state index in [-0.39, 0.29) is 0 Å². The standard InChI is InChI=1S/C16H26O4/c1-9(2)5-11-7-13(15(17)18)14(16(19)20)8-12(11)6-10(3)4/h9-10,13-14H,5-8H2,1-4H3,(H,17,18)(H,19,20). The summed E-state index contributed by atoms with van der Waals surface area (Å²) in [4.78, 5) is 22.7. The van der Waals surface area contributed by atoms with Crippen molar-refractivity contribution in [2.75, 3.05) is 0 Å². The summed E-state index contributed by atoms with van der Waals surface area (Å²) in [5.41, 5.74) is 2.36. The average Bonchev–Trinajstić information content (AvgIpc) is 2.28. The molecule has 2 unspecified atom stereocenters. The smallest absolute Gasteiger partial charge is 0.307 e. The molecule has 2 N–H and O–H groups in total. The van der Waals surface area contributed by atoms with E-state index in [1.54, 1.807) is 0 Å². The van der Waals surface area contributed by atoms with Gasteiger partial charge in [0.1, 0.15) is 0 Å². The lowest BCUT2D eigenvalue weighted by Crippen LogP contribution is -2.34. The van der Waals surface area contributed by atoms with Crippen LogP contribution in [-0.2, 0) is 9.59 Å². The average molecular weight is 282 g/mol. The highest BCUT2D eigenvalue weighted by atomic mass is 16.4. The van der Waals surface area contributed by atoms with Crippen molar-refractivity contribution in [3.8, 4) is 0 Å². The number of hydrogen-bond acceptors (Lipinski definition) is 2. The minimum Gasteiger partial charge on any atom is -0.481 e. The van der Waals surface area contributed by atoms with Crippen LogP contribution in [0.1, 0.15) is 53.4 Å². The summed E-state index contributed by atoms with van der Waals surface area (Å²) >= 11 is 0. The van der Waals surface area contributed by atoms with Gasteiger partial charge in [-0.1, -0.05) is 38.8 Å². The van der Waals surface area contributed by atoms with Crippen LogP contribution in [0.5, 0.6) is 0 Å². The molecule has 0 aromatic rings. The van der Waals surface area contributed by atoms with Crippen LogP contribution >= 0.6 is 0 Å². The Hall–Kier alpha value is -1.32. The molecule has 0 aromatic carbocycles. The van der Waals surface area contributed by atoms with Gasteiger partial charge < -0.3 is 10.2 Å². The fraction of sp³-hybridized carbons (Fsp3) is 0.750. The summed E-state index contributed by atoms with van der Waals surface area (Å²) in [7, 11) is 0. The number of carbonyl (C=O) groups is 2. The Balaban J connectivity index is 3.09. The van der Waals surface area contributed by atoms with Crippen LogP contribution in [0.25, 0.3) is 0 Å². The molecular weight excluding hydrogens is 256 g/mol. The topological polar surface area (TPSA) is 74.6 Å². The summed E-state index contributed by atoms with van der Waals surface area (Å²) < 4.78 is 0. The predicted molar refractivity (Wildman–Crippen MR) is 77.4 cm³/mol. The molecule has 114 valence electrons. The quantitative estimate of drug-likeness (QED) is 0.730. The van der Waals surface area contributed by atoms with Gasteiger partial charge in [-0.3, -0.25) is 9.59 Å². The van der Waals surface area contributed by atoms with Gasteiger partial charge in [-0.15, -0.1) is 0 Å². The van der Waals surface area contributed by atoms with Crippen LogP contribution < -0.4 is 0 Å². The molecule has 4 nitrogen and oxygen atoms in total. The lowest BCUT2D eigenvalue weighted by atomic mass is 9.72. The number of hydrogen-bond donors (Lipinski definition) is 2. The Morgan fingerprint density at radius 2 is 1.20 bits per heavy atom. The molecule has 2 atom stereocenters.